The molecule has 0 saturated carbocycles. The van der Waals surface area contributed by atoms with Crippen molar-refractivity contribution in [3.8, 4) is 11.5 Å². The van der Waals surface area contributed by atoms with Gasteiger partial charge in [0.15, 0.2) is 0 Å². The van der Waals surface area contributed by atoms with Gasteiger partial charge in [0, 0.05) is 18.3 Å². The quantitative estimate of drug-likeness (QED) is 0.682. The predicted molar refractivity (Wildman–Crippen MR) is 105 cm³/mol. The predicted octanol–water partition coefficient (Wildman–Crippen LogP) is 4.44. The molecule has 7 heteroatoms. The van der Waals surface area contributed by atoms with Gasteiger partial charge in [-0.05, 0) is 43.3 Å². The molecule has 2 amide bonds. The van der Waals surface area contributed by atoms with Gasteiger partial charge >= 0.3 is 0 Å². The Balaban J connectivity index is 1.68. The molecule has 0 fully saturated rings. The van der Waals surface area contributed by atoms with E-state index in [1.807, 2.05) is 18.2 Å². The van der Waals surface area contributed by atoms with E-state index in [0.29, 0.717) is 39.3 Å². The number of rotatable bonds is 5. The Bertz CT molecular complexity index is 980. The summed E-state index contributed by atoms with van der Waals surface area (Å²) in [6.07, 6.45) is 0.0766. The van der Waals surface area contributed by atoms with Gasteiger partial charge in [-0.15, -0.1) is 0 Å². The number of carbonyl (C=O) groups excluding carboxylic acids is 2. The first-order chi connectivity index (χ1) is 12.9. The van der Waals surface area contributed by atoms with E-state index in [0.717, 1.165) is 0 Å². The van der Waals surface area contributed by atoms with Crippen LogP contribution in [0.5, 0.6) is 0 Å². The van der Waals surface area contributed by atoms with E-state index < -0.39 is 0 Å². The molecule has 3 rings (SSSR count). The summed E-state index contributed by atoms with van der Waals surface area (Å²) in [6.45, 7) is 3.20. The highest BCUT2D eigenvalue weighted by molar-refractivity contribution is 6.33. The first-order valence-corrected chi connectivity index (χ1v) is 8.69. The molecule has 0 unspecified atom stereocenters. The molecule has 0 radical (unpaired) electrons. The summed E-state index contributed by atoms with van der Waals surface area (Å²) in [4.78, 5) is 27.8. The number of hydrogen-bond acceptors (Lipinski definition) is 4. The molecular weight excluding hydrogens is 366 g/mol. The Labute approximate surface area is 161 Å². The van der Waals surface area contributed by atoms with Crippen LogP contribution >= 0.6 is 11.6 Å². The zero-order chi connectivity index (χ0) is 19.4. The molecule has 0 aliphatic rings. The van der Waals surface area contributed by atoms with Crippen molar-refractivity contribution in [2.75, 3.05) is 10.6 Å². The Morgan fingerprint density at radius 1 is 1.04 bits per heavy atom. The number of hydrogen-bond donors (Lipinski definition) is 2. The number of nitrogens with one attached hydrogen (secondary N) is 2. The van der Waals surface area contributed by atoms with E-state index >= 15 is 0 Å². The number of oxazole rings is 1. The summed E-state index contributed by atoms with van der Waals surface area (Å²) in [5, 5.41) is 6.01. The SMILES string of the molecule is CC(=O)Nc1ccc(NC(=O)Cc2nc(-c3ccccc3Cl)oc2C)cc1. The number of nitrogens with zero attached hydrogens (tertiary/aromatic N) is 1. The zero-order valence-corrected chi connectivity index (χ0v) is 15.6. The minimum absolute atomic E-state index is 0.0766. The van der Waals surface area contributed by atoms with E-state index in [9.17, 15) is 9.59 Å². The second-order valence-corrected chi connectivity index (χ2v) is 6.39. The summed E-state index contributed by atoms with van der Waals surface area (Å²) in [5.41, 5.74) is 2.53. The van der Waals surface area contributed by atoms with Crippen molar-refractivity contribution in [1.82, 2.24) is 4.98 Å². The van der Waals surface area contributed by atoms with Crippen LogP contribution in [0.25, 0.3) is 11.5 Å². The van der Waals surface area contributed by atoms with Crippen LogP contribution in [0, 0.1) is 6.92 Å². The van der Waals surface area contributed by atoms with Gasteiger partial charge in [-0.3, -0.25) is 9.59 Å². The maximum absolute atomic E-state index is 12.3. The average molecular weight is 384 g/mol. The van der Waals surface area contributed by atoms with E-state index in [2.05, 4.69) is 15.6 Å². The minimum Gasteiger partial charge on any atom is -0.441 e. The third-order valence-electron chi connectivity index (χ3n) is 3.81. The second-order valence-electron chi connectivity index (χ2n) is 5.99. The number of anilines is 2. The Morgan fingerprint density at radius 3 is 2.30 bits per heavy atom. The van der Waals surface area contributed by atoms with Gasteiger partial charge in [0.1, 0.15) is 5.76 Å². The molecule has 2 aromatic carbocycles. The molecule has 0 atom stereocenters. The maximum Gasteiger partial charge on any atom is 0.230 e. The number of benzene rings is 2. The van der Waals surface area contributed by atoms with Crippen molar-refractivity contribution >= 4 is 34.8 Å². The first-order valence-electron chi connectivity index (χ1n) is 8.31. The number of aryl methyl sites for hydroxylation is 1. The van der Waals surface area contributed by atoms with Crippen LogP contribution < -0.4 is 10.6 Å². The summed E-state index contributed by atoms with van der Waals surface area (Å²) in [6, 6.07) is 14.1. The van der Waals surface area contributed by atoms with Crippen molar-refractivity contribution < 1.29 is 14.0 Å². The van der Waals surface area contributed by atoms with Crippen molar-refractivity contribution in [3.63, 3.8) is 0 Å². The van der Waals surface area contributed by atoms with Gasteiger partial charge < -0.3 is 15.1 Å². The molecule has 0 spiro atoms. The second kappa shape index (κ2) is 8.05. The molecule has 3 aromatic rings. The van der Waals surface area contributed by atoms with Crippen molar-refractivity contribution in [2.45, 2.75) is 20.3 Å². The third-order valence-corrected chi connectivity index (χ3v) is 4.14. The van der Waals surface area contributed by atoms with Gasteiger partial charge in [-0.1, -0.05) is 23.7 Å². The van der Waals surface area contributed by atoms with Crippen LogP contribution in [-0.4, -0.2) is 16.8 Å². The molecule has 0 saturated heterocycles. The van der Waals surface area contributed by atoms with Crippen LogP contribution in [-0.2, 0) is 16.0 Å². The molecular formula is C20H18ClN3O3. The highest BCUT2D eigenvalue weighted by Crippen LogP contribution is 2.28. The van der Waals surface area contributed by atoms with Crippen molar-refractivity contribution in [2.24, 2.45) is 0 Å². The lowest BCUT2D eigenvalue weighted by atomic mass is 10.2. The van der Waals surface area contributed by atoms with Crippen molar-refractivity contribution in [3.05, 3.63) is 65.0 Å². The largest absolute Gasteiger partial charge is 0.441 e. The van der Waals surface area contributed by atoms with Gasteiger partial charge in [-0.2, -0.15) is 0 Å². The Hall–Kier alpha value is -3.12. The molecule has 1 aromatic heterocycles. The first kappa shape index (κ1) is 18.7. The van der Waals surface area contributed by atoms with E-state index in [1.165, 1.54) is 6.92 Å². The summed E-state index contributed by atoms with van der Waals surface area (Å²) in [5.74, 6) is 0.591. The molecule has 1 heterocycles. The molecule has 0 aliphatic heterocycles. The number of halogens is 1. The van der Waals surface area contributed by atoms with Gasteiger partial charge in [0.25, 0.3) is 0 Å². The van der Waals surface area contributed by atoms with E-state index in [1.54, 1.807) is 37.3 Å². The summed E-state index contributed by atoms with van der Waals surface area (Å²) >= 11 is 6.17. The van der Waals surface area contributed by atoms with Crippen LogP contribution in [0.15, 0.2) is 52.9 Å². The highest BCUT2D eigenvalue weighted by Gasteiger charge is 2.16. The fourth-order valence-electron chi connectivity index (χ4n) is 2.54. The molecule has 138 valence electrons. The summed E-state index contributed by atoms with van der Waals surface area (Å²) in [7, 11) is 0. The standard InChI is InChI=1S/C20H18ClN3O3/c1-12-18(24-20(27-12)16-5-3-4-6-17(16)21)11-19(26)23-15-9-7-14(8-10-15)22-13(2)25/h3-10H,11H2,1-2H3,(H,22,25)(H,23,26). The molecule has 6 nitrogen and oxygen atoms in total. The monoisotopic (exact) mass is 383 g/mol. The Morgan fingerprint density at radius 2 is 1.67 bits per heavy atom. The molecule has 2 N–H and O–H groups in total. The lowest BCUT2D eigenvalue weighted by molar-refractivity contribution is -0.116. The smallest absolute Gasteiger partial charge is 0.230 e. The lowest BCUT2D eigenvalue weighted by Crippen LogP contribution is -2.15. The fourth-order valence-corrected chi connectivity index (χ4v) is 2.76. The number of amides is 2. The fraction of sp³-hybridized carbons (Fsp3) is 0.150. The lowest BCUT2D eigenvalue weighted by Gasteiger charge is -2.06. The average Bonchev–Trinajstić information content (AvgIpc) is 2.97. The van der Waals surface area contributed by atoms with Gasteiger partial charge in [0.05, 0.1) is 22.7 Å². The van der Waals surface area contributed by atoms with E-state index in [4.69, 9.17) is 16.0 Å². The number of aromatic nitrogens is 1. The minimum atomic E-state index is -0.218. The van der Waals surface area contributed by atoms with Crippen LogP contribution in [0.1, 0.15) is 18.4 Å². The zero-order valence-electron chi connectivity index (χ0n) is 14.9. The highest BCUT2D eigenvalue weighted by atomic mass is 35.5. The normalized spacial score (nSPS) is 10.5. The number of carbonyl (C=O) groups is 2. The van der Waals surface area contributed by atoms with Gasteiger partial charge in [0.2, 0.25) is 17.7 Å². The van der Waals surface area contributed by atoms with Crippen molar-refractivity contribution in [1.29, 1.82) is 0 Å². The molecule has 27 heavy (non-hydrogen) atoms. The Kier molecular flexibility index (Phi) is 5.57. The molecule has 0 bridgehead atoms. The summed E-state index contributed by atoms with van der Waals surface area (Å²) < 4.78 is 5.67. The van der Waals surface area contributed by atoms with E-state index in [-0.39, 0.29) is 18.2 Å². The van der Waals surface area contributed by atoms with Gasteiger partial charge in [-0.25, -0.2) is 4.98 Å². The van der Waals surface area contributed by atoms with Crippen LogP contribution in [0.2, 0.25) is 5.02 Å². The van der Waals surface area contributed by atoms with Crippen LogP contribution in [0.3, 0.4) is 0 Å². The topological polar surface area (TPSA) is 84.2 Å². The maximum atomic E-state index is 12.3. The molecule has 0 aliphatic carbocycles. The van der Waals surface area contributed by atoms with Crippen LogP contribution in [0.4, 0.5) is 11.4 Å². The third kappa shape index (κ3) is 4.74.